The zero-order chi connectivity index (χ0) is 10.6. The maximum atomic E-state index is 11.9. The van der Waals surface area contributed by atoms with Gasteiger partial charge in [-0.3, -0.25) is 4.79 Å². The van der Waals surface area contributed by atoms with Crippen LogP contribution >= 0.6 is 0 Å². The second kappa shape index (κ2) is 4.99. The lowest BCUT2D eigenvalue weighted by Gasteiger charge is -2.29. The number of nitrogens with zero attached hydrogens (tertiary/aromatic N) is 2. The first-order valence-corrected chi connectivity index (χ1v) is 5.35. The molecule has 0 spiro atoms. The molecule has 1 saturated heterocycles. The Morgan fingerprint density at radius 1 is 1.29 bits per heavy atom. The second-order valence-electron chi connectivity index (χ2n) is 4.24. The summed E-state index contributed by atoms with van der Waals surface area (Å²) < 4.78 is 0. The highest BCUT2D eigenvalue weighted by atomic mass is 16.2. The number of piperidine rings is 1. The Morgan fingerprint density at radius 2 is 1.86 bits per heavy atom. The number of hydrogen-bond acceptors (Lipinski definition) is 2. The maximum absolute atomic E-state index is 11.9. The first-order chi connectivity index (χ1) is 6.66. The fourth-order valence-electron chi connectivity index (χ4n) is 1.80. The Morgan fingerprint density at radius 3 is 2.29 bits per heavy atom. The fourth-order valence-corrected chi connectivity index (χ4v) is 1.80. The Hall–Kier alpha value is -1.04. The van der Waals surface area contributed by atoms with Gasteiger partial charge in [0, 0.05) is 13.1 Å². The first kappa shape index (κ1) is 11.0. The number of likely N-dealkylation sites (tertiary alicyclic amines) is 1. The van der Waals surface area contributed by atoms with Gasteiger partial charge in [0.15, 0.2) is 0 Å². The SMILES string of the molecule is CC(C)C(C#N)C(=O)N1CCCCC1. The number of carbonyl (C=O) groups is 1. The van der Waals surface area contributed by atoms with Crippen LogP contribution in [-0.2, 0) is 4.79 Å². The van der Waals surface area contributed by atoms with Crippen LogP contribution in [0, 0.1) is 23.2 Å². The third kappa shape index (κ3) is 2.47. The molecule has 78 valence electrons. The summed E-state index contributed by atoms with van der Waals surface area (Å²) in [7, 11) is 0. The van der Waals surface area contributed by atoms with E-state index in [1.807, 2.05) is 18.7 Å². The lowest BCUT2D eigenvalue weighted by molar-refractivity contribution is -0.135. The van der Waals surface area contributed by atoms with Crippen LogP contribution in [0.1, 0.15) is 33.1 Å². The highest BCUT2D eigenvalue weighted by Crippen LogP contribution is 2.17. The Balaban J connectivity index is 2.58. The molecule has 0 aliphatic carbocycles. The maximum Gasteiger partial charge on any atom is 0.240 e. The van der Waals surface area contributed by atoms with E-state index in [-0.39, 0.29) is 11.8 Å². The van der Waals surface area contributed by atoms with E-state index in [9.17, 15) is 4.79 Å². The molecule has 0 aromatic rings. The van der Waals surface area contributed by atoms with Crippen molar-refractivity contribution in [1.29, 1.82) is 5.26 Å². The van der Waals surface area contributed by atoms with Gasteiger partial charge in [0.05, 0.1) is 6.07 Å². The van der Waals surface area contributed by atoms with Gasteiger partial charge in [0.2, 0.25) is 5.91 Å². The van der Waals surface area contributed by atoms with E-state index in [4.69, 9.17) is 5.26 Å². The van der Waals surface area contributed by atoms with Crippen molar-refractivity contribution in [3.8, 4) is 6.07 Å². The van der Waals surface area contributed by atoms with Crippen molar-refractivity contribution in [2.75, 3.05) is 13.1 Å². The molecule has 1 rings (SSSR count). The molecule has 1 atom stereocenters. The van der Waals surface area contributed by atoms with Gasteiger partial charge >= 0.3 is 0 Å². The Kier molecular flexibility index (Phi) is 3.94. The van der Waals surface area contributed by atoms with Gasteiger partial charge in [-0.2, -0.15) is 5.26 Å². The van der Waals surface area contributed by atoms with Gasteiger partial charge in [-0.1, -0.05) is 13.8 Å². The van der Waals surface area contributed by atoms with Crippen LogP contribution in [0.15, 0.2) is 0 Å². The van der Waals surface area contributed by atoms with Crippen LogP contribution in [0.2, 0.25) is 0 Å². The van der Waals surface area contributed by atoms with Gasteiger partial charge < -0.3 is 4.90 Å². The van der Waals surface area contributed by atoms with Gasteiger partial charge in [0.25, 0.3) is 0 Å². The van der Waals surface area contributed by atoms with E-state index in [2.05, 4.69) is 6.07 Å². The monoisotopic (exact) mass is 194 g/mol. The summed E-state index contributed by atoms with van der Waals surface area (Å²) in [5.41, 5.74) is 0. The Labute approximate surface area is 85.7 Å². The van der Waals surface area contributed by atoms with E-state index in [1.54, 1.807) is 0 Å². The normalized spacial score (nSPS) is 19.1. The second-order valence-corrected chi connectivity index (χ2v) is 4.24. The third-order valence-electron chi connectivity index (χ3n) is 2.74. The van der Waals surface area contributed by atoms with E-state index >= 15 is 0 Å². The largest absolute Gasteiger partial charge is 0.342 e. The summed E-state index contributed by atoms with van der Waals surface area (Å²) in [6.45, 7) is 5.53. The zero-order valence-corrected chi connectivity index (χ0v) is 8.99. The number of amides is 1. The van der Waals surface area contributed by atoms with Gasteiger partial charge in [-0.05, 0) is 25.2 Å². The lowest BCUT2D eigenvalue weighted by Crippen LogP contribution is -2.40. The van der Waals surface area contributed by atoms with Crippen molar-refractivity contribution < 1.29 is 4.79 Å². The van der Waals surface area contributed by atoms with Crippen molar-refractivity contribution in [1.82, 2.24) is 4.90 Å². The molecule has 0 aromatic carbocycles. The molecule has 1 heterocycles. The number of rotatable bonds is 2. The standard InChI is InChI=1S/C11H18N2O/c1-9(2)10(8-12)11(14)13-6-4-3-5-7-13/h9-10H,3-7H2,1-2H3. The summed E-state index contributed by atoms with van der Waals surface area (Å²) in [5.74, 6) is -0.301. The summed E-state index contributed by atoms with van der Waals surface area (Å²) in [6, 6.07) is 2.11. The molecule has 1 aliphatic rings. The predicted molar refractivity (Wildman–Crippen MR) is 54.4 cm³/mol. The summed E-state index contributed by atoms with van der Waals surface area (Å²) >= 11 is 0. The van der Waals surface area contributed by atoms with E-state index < -0.39 is 5.92 Å². The molecular weight excluding hydrogens is 176 g/mol. The van der Waals surface area contributed by atoms with Crippen molar-refractivity contribution in [3.63, 3.8) is 0 Å². The molecule has 1 unspecified atom stereocenters. The molecule has 0 aromatic heterocycles. The van der Waals surface area contributed by atoms with Gasteiger partial charge in [-0.25, -0.2) is 0 Å². The van der Waals surface area contributed by atoms with Crippen molar-refractivity contribution in [2.45, 2.75) is 33.1 Å². The minimum absolute atomic E-state index is 0.0298. The van der Waals surface area contributed by atoms with Crippen LogP contribution in [-0.4, -0.2) is 23.9 Å². The number of hydrogen-bond donors (Lipinski definition) is 0. The van der Waals surface area contributed by atoms with Crippen LogP contribution in [0.5, 0.6) is 0 Å². The fraction of sp³-hybridized carbons (Fsp3) is 0.818. The zero-order valence-electron chi connectivity index (χ0n) is 8.99. The van der Waals surface area contributed by atoms with E-state index in [1.165, 1.54) is 6.42 Å². The highest BCUT2D eigenvalue weighted by Gasteiger charge is 2.27. The molecule has 3 heteroatoms. The summed E-state index contributed by atoms with van der Waals surface area (Å²) in [6.07, 6.45) is 3.38. The molecule has 3 nitrogen and oxygen atoms in total. The molecule has 0 radical (unpaired) electrons. The van der Waals surface area contributed by atoms with Crippen molar-refractivity contribution in [2.24, 2.45) is 11.8 Å². The topological polar surface area (TPSA) is 44.1 Å². The number of nitriles is 1. The number of carbonyl (C=O) groups excluding carboxylic acids is 1. The molecule has 14 heavy (non-hydrogen) atoms. The average Bonchev–Trinajstić information content (AvgIpc) is 2.19. The summed E-state index contributed by atoms with van der Waals surface area (Å²) in [5, 5.41) is 8.90. The summed E-state index contributed by atoms with van der Waals surface area (Å²) in [4.78, 5) is 13.7. The van der Waals surface area contributed by atoms with Gasteiger partial charge in [0.1, 0.15) is 5.92 Å². The molecule has 1 fully saturated rings. The molecule has 1 aliphatic heterocycles. The van der Waals surface area contributed by atoms with Crippen LogP contribution in [0.4, 0.5) is 0 Å². The minimum Gasteiger partial charge on any atom is -0.342 e. The van der Waals surface area contributed by atoms with Crippen molar-refractivity contribution in [3.05, 3.63) is 0 Å². The minimum atomic E-state index is -0.451. The van der Waals surface area contributed by atoms with Crippen molar-refractivity contribution >= 4 is 5.91 Å². The molecule has 0 bridgehead atoms. The molecular formula is C11H18N2O. The Bertz CT molecular complexity index is 236. The third-order valence-corrected chi connectivity index (χ3v) is 2.74. The van der Waals surface area contributed by atoms with E-state index in [0.29, 0.717) is 0 Å². The molecule has 1 amide bonds. The first-order valence-electron chi connectivity index (χ1n) is 5.35. The predicted octanol–water partition coefficient (Wildman–Crippen LogP) is 1.79. The lowest BCUT2D eigenvalue weighted by atomic mass is 9.95. The highest BCUT2D eigenvalue weighted by molar-refractivity contribution is 5.81. The average molecular weight is 194 g/mol. The van der Waals surface area contributed by atoms with Crippen LogP contribution in [0.3, 0.4) is 0 Å². The molecule has 0 saturated carbocycles. The quantitative estimate of drug-likeness (QED) is 0.672. The molecule has 0 N–H and O–H groups in total. The smallest absolute Gasteiger partial charge is 0.240 e. The van der Waals surface area contributed by atoms with Crippen LogP contribution in [0.25, 0.3) is 0 Å². The van der Waals surface area contributed by atoms with Gasteiger partial charge in [-0.15, -0.1) is 0 Å². The van der Waals surface area contributed by atoms with E-state index in [0.717, 1.165) is 25.9 Å². The van der Waals surface area contributed by atoms with Crippen LogP contribution < -0.4 is 0 Å².